The number of benzene rings is 2. The lowest BCUT2D eigenvalue weighted by molar-refractivity contribution is -0.113. The van der Waals surface area contributed by atoms with Crippen LogP contribution in [0, 0.1) is 18.8 Å². The standard InChI is InChI=1S/C27H23N7O3/c1-18-13-19(6-9-24(18)37-21-10-11-34-25(15-21)29-17-31-34)32-27-22-14-20(7-8-23(22)28-16-30-27)33(2)26(36)5-3-4-12-35/h6-11,13-17,35H,4,12H2,1-2H3,(H,28,30,32). The highest BCUT2D eigenvalue weighted by Crippen LogP contribution is 2.31. The van der Waals surface area contributed by atoms with Crippen molar-refractivity contribution in [1.29, 1.82) is 0 Å². The molecule has 37 heavy (non-hydrogen) atoms. The average Bonchev–Trinajstić information content (AvgIpc) is 3.38. The van der Waals surface area contributed by atoms with Crippen molar-refractivity contribution in [2.24, 2.45) is 0 Å². The van der Waals surface area contributed by atoms with Gasteiger partial charge in [0, 0.05) is 42.5 Å². The highest BCUT2D eigenvalue weighted by Gasteiger charge is 2.12. The molecule has 0 spiro atoms. The van der Waals surface area contributed by atoms with Gasteiger partial charge in [-0.25, -0.2) is 19.5 Å². The van der Waals surface area contributed by atoms with Crippen molar-refractivity contribution in [1.82, 2.24) is 24.6 Å². The van der Waals surface area contributed by atoms with Gasteiger partial charge in [0.25, 0.3) is 0 Å². The minimum absolute atomic E-state index is 0.0856. The third-order valence-corrected chi connectivity index (χ3v) is 5.66. The van der Waals surface area contributed by atoms with Gasteiger partial charge in [-0.05, 0) is 60.9 Å². The zero-order valence-electron chi connectivity index (χ0n) is 20.2. The Bertz CT molecular complexity index is 1670. The van der Waals surface area contributed by atoms with Crippen molar-refractivity contribution in [3.8, 4) is 23.3 Å². The van der Waals surface area contributed by atoms with Crippen molar-refractivity contribution < 1.29 is 14.6 Å². The van der Waals surface area contributed by atoms with Crippen LogP contribution in [0.2, 0.25) is 0 Å². The zero-order chi connectivity index (χ0) is 25.8. The molecular formula is C27H23N7O3. The number of carbonyl (C=O) groups excluding carboxylic acids is 1. The SMILES string of the molecule is Cc1cc(Nc2ncnc3ccc(N(C)C(=O)C#CCCO)cc23)ccc1Oc1ccn2ncnc2c1. The first-order chi connectivity index (χ1) is 18.0. The number of fused-ring (bicyclic) bond motifs is 2. The second kappa shape index (κ2) is 10.3. The fourth-order valence-electron chi connectivity index (χ4n) is 3.71. The molecule has 0 saturated carbocycles. The summed E-state index contributed by atoms with van der Waals surface area (Å²) in [5, 5.41) is 17.1. The Labute approximate surface area is 212 Å². The van der Waals surface area contributed by atoms with Crippen LogP contribution in [0.15, 0.2) is 67.4 Å². The molecule has 0 atom stereocenters. The van der Waals surface area contributed by atoms with Gasteiger partial charge in [0.05, 0.1) is 12.1 Å². The van der Waals surface area contributed by atoms with E-state index in [4.69, 9.17) is 9.84 Å². The molecule has 0 aliphatic carbocycles. The second-order valence-electron chi connectivity index (χ2n) is 8.20. The molecule has 10 heteroatoms. The molecule has 184 valence electrons. The van der Waals surface area contributed by atoms with Gasteiger partial charge in [-0.3, -0.25) is 4.79 Å². The Morgan fingerprint density at radius 2 is 2.00 bits per heavy atom. The van der Waals surface area contributed by atoms with Gasteiger partial charge in [0.2, 0.25) is 0 Å². The van der Waals surface area contributed by atoms with Gasteiger partial charge >= 0.3 is 5.91 Å². The van der Waals surface area contributed by atoms with Crippen LogP contribution in [-0.2, 0) is 4.79 Å². The van der Waals surface area contributed by atoms with Gasteiger partial charge in [-0.1, -0.05) is 5.92 Å². The number of hydrogen-bond donors (Lipinski definition) is 2. The summed E-state index contributed by atoms with van der Waals surface area (Å²) in [4.78, 5) is 26.8. The Balaban J connectivity index is 1.38. The number of nitrogens with one attached hydrogen (secondary N) is 1. The Morgan fingerprint density at radius 1 is 1.11 bits per heavy atom. The topological polar surface area (TPSA) is 118 Å². The summed E-state index contributed by atoms with van der Waals surface area (Å²) in [7, 11) is 1.65. The number of carbonyl (C=O) groups is 1. The summed E-state index contributed by atoms with van der Waals surface area (Å²) in [6, 6.07) is 14.9. The van der Waals surface area contributed by atoms with E-state index >= 15 is 0 Å². The Hall–Kier alpha value is -5.01. The first-order valence-electron chi connectivity index (χ1n) is 11.5. The number of aromatic nitrogens is 5. The number of anilines is 3. The van der Waals surface area contributed by atoms with Gasteiger partial charge in [0.1, 0.15) is 30.0 Å². The predicted octanol–water partition coefficient (Wildman–Crippen LogP) is 3.87. The van der Waals surface area contributed by atoms with Crippen molar-refractivity contribution in [3.63, 3.8) is 0 Å². The number of aryl methyl sites for hydroxylation is 1. The molecule has 0 bridgehead atoms. The molecule has 1 amide bonds. The Morgan fingerprint density at radius 3 is 2.84 bits per heavy atom. The monoisotopic (exact) mass is 493 g/mol. The number of ether oxygens (including phenoxy) is 1. The average molecular weight is 494 g/mol. The first kappa shape index (κ1) is 23.7. The summed E-state index contributed by atoms with van der Waals surface area (Å²) in [5.74, 6) is 6.80. The maximum absolute atomic E-state index is 12.4. The zero-order valence-corrected chi connectivity index (χ0v) is 20.2. The van der Waals surface area contributed by atoms with Crippen LogP contribution < -0.4 is 15.0 Å². The number of pyridine rings is 1. The minimum Gasteiger partial charge on any atom is -0.457 e. The highest BCUT2D eigenvalue weighted by atomic mass is 16.5. The molecule has 5 rings (SSSR count). The molecule has 0 aliphatic rings. The van der Waals surface area contributed by atoms with E-state index in [1.807, 2.05) is 49.4 Å². The van der Waals surface area contributed by atoms with Gasteiger partial charge < -0.3 is 20.1 Å². The predicted molar refractivity (Wildman–Crippen MR) is 140 cm³/mol. The molecule has 3 aromatic heterocycles. The quantitative estimate of drug-likeness (QED) is 0.343. The smallest absolute Gasteiger partial charge is 0.302 e. The molecule has 2 N–H and O–H groups in total. The highest BCUT2D eigenvalue weighted by molar-refractivity contribution is 6.06. The van der Waals surface area contributed by atoms with Crippen LogP contribution in [0.25, 0.3) is 16.6 Å². The number of nitrogens with zero attached hydrogens (tertiary/aromatic N) is 6. The first-order valence-corrected chi connectivity index (χ1v) is 11.5. The van der Waals surface area contributed by atoms with Crippen molar-refractivity contribution in [3.05, 3.63) is 72.9 Å². The third-order valence-electron chi connectivity index (χ3n) is 5.66. The molecule has 5 aromatic rings. The summed E-state index contributed by atoms with van der Waals surface area (Å²) in [6.07, 6.45) is 5.03. The molecule has 3 heterocycles. The fourth-order valence-corrected chi connectivity index (χ4v) is 3.71. The lowest BCUT2D eigenvalue weighted by Crippen LogP contribution is -2.24. The van der Waals surface area contributed by atoms with Crippen LogP contribution in [0.4, 0.5) is 17.2 Å². The fraction of sp³-hybridized carbons (Fsp3) is 0.148. The molecule has 0 radical (unpaired) electrons. The molecular weight excluding hydrogens is 470 g/mol. The minimum atomic E-state index is -0.367. The third kappa shape index (κ3) is 5.17. The van der Waals surface area contributed by atoms with Gasteiger partial charge in [-0.15, -0.1) is 0 Å². The van der Waals surface area contributed by atoms with E-state index in [1.54, 1.807) is 23.8 Å². The van der Waals surface area contributed by atoms with E-state index in [1.165, 1.54) is 17.6 Å². The maximum atomic E-state index is 12.4. The number of amides is 1. The van der Waals surface area contributed by atoms with Gasteiger partial charge in [-0.2, -0.15) is 5.10 Å². The molecule has 0 saturated heterocycles. The lowest BCUT2D eigenvalue weighted by Gasteiger charge is -2.16. The van der Waals surface area contributed by atoms with Crippen molar-refractivity contribution >= 4 is 39.6 Å². The van der Waals surface area contributed by atoms with E-state index in [-0.39, 0.29) is 18.9 Å². The molecule has 0 fully saturated rings. The van der Waals surface area contributed by atoms with E-state index in [0.29, 0.717) is 28.7 Å². The van der Waals surface area contributed by atoms with E-state index in [0.717, 1.165) is 22.2 Å². The van der Waals surface area contributed by atoms with Crippen molar-refractivity contribution in [2.75, 3.05) is 23.9 Å². The summed E-state index contributed by atoms with van der Waals surface area (Å²) in [6.45, 7) is 1.88. The van der Waals surface area contributed by atoms with E-state index in [9.17, 15) is 4.79 Å². The lowest BCUT2D eigenvalue weighted by atomic mass is 10.1. The normalized spacial score (nSPS) is 10.7. The van der Waals surface area contributed by atoms with Crippen LogP contribution in [0.3, 0.4) is 0 Å². The summed E-state index contributed by atoms with van der Waals surface area (Å²) in [5.41, 5.74) is 3.83. The van der Waals surface area contributed by atoms with Crippen LogP contribution in [0.1, 0.15) is 12.0 Å². The maximum Gasteiger partial charge on any atom is 0.302 e. The molecule has 10 nitrogen and oxygen atoms in total. The molecule has 2 aromatic carbocycles. The Kier molecular flexibility index (Phi) is 6.61. The van der Waals surface area contributed by atoms with E-state index < -0.39 is 0 Å². The number of aliphatic hydroxyl groups excluding tert-OH is 1. The van der Waals surface area contributed by atoms with Crippen LogP contribution in [-0.4, -0.2) is 49.2 Å². The number of hydrogen-bond acceptors (Lipinski definition) is 8. The summed E-state index contributed by atoms with van der Waals surface area (Å²) < 4.78 is 7.73. The van der Waals surface area contributed by atoms with E-state index in [2.05, 4.69) is 37.2 Å². The second-order valence-corrected chi connectivity index (χ2v) is 8.20. The summed E-state index contributed by atoms with van der Waals surface area (Å²) >= 11 is 0. The molecule has 0 unspecified atom stereocenters. The van der Waals surface area contributed by atoms with Gasteiger partial charge in [0.15, 0.2) is 5.65 Å². The van der Waals surface area contributed by atoms with Crippen LogP contribution in [0.5, 0.6) is 11.5 Å². The van der Waals surface area contributed by atoms with Crippen LogP contribution >= 0.6 is 0 Å². The van der Waals surface area contributed by atoms with Crippen molar-refractivity contribution in [2.45, 2.75) is 13.3 Å². The number of rotatable bonds is 6. The molecule has 0 aliphatic heterocycles. The number of aliphatic hydroxyl groups is 1. The largest absolute Gasteiger partial charge is 0.457 e.